The third-order valence-electron chi connectivity index (χ3n) is 3.00. The van der Waals surface area contributed by atoms with Crippen LogP contribution in [0.4, 0.5) is 5.69 Å². The van der Waals surface area contributed by atoms with Crippen molar-refractivity contribution >= 4 is 17.6 Å². The molecule has 0 spiro atoms. The molecule has 5 heteroatoms. The molecule has 0 radical (unpaired) electrons. The zero-order chi connectivity index (χ0) is 15.4. The molecule has 0 aliphatic rings. The maximum absolute atomic E-state index is 11.3. The number of benzene rings is 2. The van der Waals surface area contributed by atoms with Crippen LogP contribution in [0.3, 0.4) is 0 Å². The van der Waals surface area contributed by atoms with Gasteiger partial charge in [0.2, 0.25) is 5.91 Å². The Labute approximate surface area is 121 Å². The third kappa shape index (κ3) is 3.46. The zero-order valence-electron chi connectivity index (χ0n) is 11.4. The lowest BCUT2D eigenvalue weighted by molar-refractivity contribution is -0.146. The van der Waals surface area contributed by atoms with Gasteiger partial charge >= 0.3 is 5.97 Å². The monoisotopic (exact) mass is 285 g/mol. The molecule has 2 aromatic rings. The molecule has 1 atom stereocenters. The van der Waals surface area contributed by atoms with Gasteiger partial charge in [0.1, 0.15) is 0 Å². The maximum Gasteiger partial charge on any atom is 0.337 e. The van der Waals surface area contributed by atoms with E-state index >= 15 is 0 Å². The summed E-state index contributed by atoms with van der Waals surface area (Å²) >= 11 is 0. The molecule has 0 saturated carbocycles. The fourth-order valence-corrected chi connectivity index (χ4v) is 2.04. The average Bonchev–Trinajstić information content (AvgIpc) is 2.46. The van der Waals surface area contributed by atoms with Crippen molar-refractivity contribution < 1.29 is 19.8 Å². The van der Waals surface area contributed by atoms with E-state index in [1.54, 1.807) is 12.1 Å². The van der Waals surface area contributed by atoms with Crippen LogP contribution in [0, 0.1) is 0 Å². The molecule has 3 N–H and O–H groups in total. The molecule has 1 unspecified atom stereocenters. The van der Waals surface area contributed by atoms with E-state index in [9.17, 15) is 14.7 Å². The summed E-state index contributed by atoms with van der Waals surface area (Å²) in [5.74, 6) is -1.70. The molecule has 2 aromatic carbocycles. The number of rotatable bonds is 4. The van der Waals surface area contributed by atoms with Crippen LogP contribution >= 0.6 is 0 Å². The summed E-state index contributed by atoms with van der Waals surface area (Å²) in [6.45, 7) is 1.33. The molecule has 1 amide bonds. The van der Waals surface area contributed by atoms with Gasteiger partial charge in [0.05, 0.1) is 0 Å². The van der Waals surface area contributed by atoms with Crippen molar-refractivity contribution in [1.82, 2.24) is 0 Å². The molecule has 2 rings (SSSR count). The lowest BCUT2D eigenvalue weighted by Gasteiger charge is -2.14. The topological polar surface area (TPSA) is 86.6 Å². The predicted molar refractivity (Wildman–Crippen MR) is 78.8 cm³/mol. The van der Waals surface area contributed by atoms with Crippen molar-refractivity contribution in [2.45, 2.75) is 13.0 Å². The lowest BCUT2D eigenvalue weighted by Crippen LogP contribution is -2.15. The van der Waals surface area contributed by atoms with Crippen LogP contribution in [0.2, 0.25) is 0 Å². The minimum Gasteiger partial charge on any atom is -0.479 e. The van der Waals surface area contributed by atoms with E-state index in [0.29, 0.717) is 5.69 Å². The van der Waals surface area contributed by atoms with Crippen LogP contribution in [0.1, 0.15) is 18.6 Å². The second-order valence-electron chi connectivity index (χ2n) is 4.59. The van der Waals surface area contributed by atoms with Crippen molar-refractivity contribution in [3.8, 4) is 11.1 Å². The van der Waals surface area contributed by atoms with Crippen LogP contribution < -0.4 is 5.32 Å². The number of aliphatic carboxylic acids is 1. The Morgan fingerprint density at radius 2 is 1.71 bits per heavy atom. The standard InChI is InChI=1S/C16H15NO4/c1-10(18)17-14-9-12(11-5-3-2-4-6-11)7-8-13(14)15(19)16(20)21/h2-9,15,19H,1H3,(H,17,18)(H,20,21). The third-order valence-corrected chi connectivity index (χ3v) is 3.00. The van der Waals surface area contributed by atoms with E-state index in [4.69, 9.17) is 5.11 Å². The SMILES string of the molecule is CC(=O)Nc1cc(-c2ccccc2)ccc1C(O)C(=O)O. The first-order valence-electron chi connectivity index (χ1n) is 6.37. The first kappa shape index (κ1) is 14.7. The summed E-state index contributed by atoms with van der Waals surface area (Å²) in [4.78, 5) is 22.2. The van der Waals surface area contributed by atoms with Gasteiger partial charge in [-0.05, 0) is 17.2 Å². The highest BCUT2D eigenvalue weighted by molar-refractivity contribution is 5.92. The van der Waals surface area contributed by atoms with E-state index in [1.165, 1.54) is 13.0 Å². The quantitative estimate of drug-likeness (QED) is 0.805. The number of aliphatic hydroxyl groups is 1. The minimum absolute atomic E-state index is 0.150. The van der Waals surface area contributed by atoms with Gasteiger partial charge in [-0.3, -0.25) is 4.79 Å². The summed E-state index contributed by atoms with van der Waals surface area (Å²) in [5.41, 5.74) is 2.19. The van der Waals surface area contributed by atoms with Crippen molar-refractivity contribution in [2.24, 2.45) is 0 Å². The summed E-state index contributed by atoms with van der Waals surface area (Å²) < 4.78 is 0. The Kier molecular flexibility index (Phi) is 4.35. The van der Waals surface area contributed by atoms with E-state index in [1.807, 2.05) is 30.3 Å². The highest BCUT2D eigenvalue weighted by atomic mass is 16.4. The molecule has 0 saturated heterocycles. The van der Waals surface area contributed by atoms with Gasteiger partial charge in [0.15, 0.2) is 6.10 Å². The predicted octanol–water partition coefficient (Wildman–Crippen LogP) is 2.43. The van der Waals surface area contributed by atoms with Gasteiger partial charge in [-0.1, -0.05) is 42.5 Å². The Balaban J connectivity index is 2.49. The number of hydrogen-bond acceptors (Lipinski definition) is 3. The van der Waals surface area contributed by atoms with Crippen LogP contribution in [0.5, 0.6) is 0 Å². The van der Waals surface area contributed by atoms with Gasteiger partial charge in [-0.25, -0.2) is 4.79 Å². The highest BCUT2D eigenvalue weighted by Crippen LogP contribution is 2.29. The molecule has 0 fully saturated rings. The molecular weight excluding hydrogens is 270 g/mol. The van der Waals surface area contributed by atoms with Crippen LogP contribution in [-0.2, 0) is 9.59 Å². The molecule has 0 aromatic heterocycles. The van der Waals surface area contributed by atoms with E-state index in [0.717, 1.165) is 11.1 Å². The molecular formula is C16H15NO4. The molecule has 0 aliphatic heterocycles. The summed E-state index contributed by atoms with van der Waals surface area (Å²) in [7, 11) is 0. The Morgan fingerprint density at radius 1 is 1.05 bits per heavy atom. The van der Waals surface area contributed by atoms with Crippen molar-refractivity contribution in [3.63, 3.8) is 0 Å². The fourth-order valence-electron chi connectivity index (χ4n) is 2.04. The average molecular weight is 285 g/mol. The summed E-state index contributed by atoms with van der Waals surface area (Å²) in [6.07, 6.45) is -1.68. The zero-order valence-corrected chi connectivity index (χ0v) is 11.4. The highest BCUT2D eigenvalue weighted by Gasteiger charge is 2.20. The van der Waals surface area contributed by atoms with Gasteiger partial charge in [-0.15, -0.1) is 0 Å². The number of aliphatic hydroxyl groups excluding tert-OH is 1. The van der Waals surface area contributed by atoms with E-state index < -0.39 is 12.1 Å². The van der Waals surface area contributed by atoms with Crippen LogP contribution in [0.25, 0.3) is 11.1 Å². The number of hydrogen-bond donors (Lipinski definition) is 3. The van der Waals surface area contributed by atoms with E-state index in [2.05, 4.69) is 5.32 Å². The number of amides is 1. The van der Waals surface area contributed by atoms with Crippen molar-refractivity contribution in [2.75, 3.05) is 5.32 Å². The molecule has 108 valence electrons. The number of carbonyl (C=O) groups excluding carboxylic acids is 1. The molecule has 5 nitrogen and oxygen atoms in total. The van der Waals surface area contributed by atoms with Crippen molar-refractivity contribution in [3.05, 3.63) is 54.1 Å². The summed E-state index contributed by atoms with van der Waals surface area (Å²) in [5, 5.41) is 21.2. The minimum atomic E-state index is -1.68. The second kappa shape index (κ2) is 6.19. The first-order valence-corrected chi connectivity index (χ1v) is 6.37. The smallest absolute Gasteiger partial charge is 0.337 e. The number of nitrogens with one attached hydrogen (secondary N) is 1. The lowest BCUT2D eigenvalue weighted by atomic mass is 9.99. The van der Waals surface area contributed by atoms with Crippen LogP contribution in [-0.4, -0.2) is 22.1 Å². The summed E-state index contributed by atoms with van der Waals surface area (Å²) in [6, 6.07) is 14.3. The Hall–Kier alpha value is -2.66. The van der Waals surface area contributed by atoms with E-state index in [-0.39, 0.29) is 11.5 Å². The Bertz CT molecular complexity index is 667. The number of anilines is 1. The largest absolute Gasteiger partial charge is 0.479 e. The molecule has 0 bridgehead atoms. The van der Waals surface area contributed by atoms with Gasteiger partial charge in [-0.2, -0.15) is 0 Å². The molecule has 0 aliphatic carbocycles. The van der Waals surface area contributed by atoms with Crippen LogP contribution in [0.15, 0.2) is 48.5 Å². The fraction of sp³-hybridized carbons (Fsp3) is 0.125. The number of carboxylic acid groups (broad SMARTS) is 1. The first-order chi connectivity index (χ1) is 9.99. The second-order valence-corrected chi connectivity index (χ2v) is 4.59. The van der Waals surface area contributed by atoms with Crippen molar-refractivity contribution in [1.29, 1.82) is 0 Å². The number of carbonyl (C=O) groups is 2. The molecule has 21 heavy (non-hydrogen) atoms. The normalized spacial score (nSPS) is 11.7. The van der Waals surface area contributed by atoms with Gasteiger partial charge in [0.25, 0.3) is 0 Å². The molecule has 0 heterocycles. The Morgan fingerprint density at radius 3 is 2.29 bits per heavy atom. The van der Waals surface area contributed by atoms with Gasteiger partial charge in [0, 0.05) is 18.2 Å². The number of carboxylic acids is 1. The maximum atomic E-state index is 11.3. The van der Waals surface area contributed by atoms with Gasteiger partial charge < -0.3 is 15.5 Å².